The molecule has 1 aliphatic rings. The summed E-state index contributed by atoms with van der Waals surface area (Å²) >= 11 is 0. The van der Waals surface area contributed by atoms with Gasteiger partial charge in [0.2, 0.25) is 5.91 Å². The maximum Gasteiger partial charge on any atom is 0.245 e. The minimum Gasteiger partial charge on any atom is -0.324 e. The summed E-state index contributed by atoms with van der Waals surface area (Å²) in [4.78, 5) is 12.5. The number of benzene rings is 2. The van der Waals surface area contributed by atoms with Gasteiger partial charge in [-0.3, -0.25) is 9.89 Å². The zero-order chi connectivity index (χ0) is 17.4. The Morgan fingerprint density at radius 1 is 1.23 bits per heavy atom. The lowest BCUT2D eigenvalue weighted by Crippen LogP contribution is -2.52. The first-order chi connectivity index (χ1) is 12.0. The number of fused-ring (bicyclic) bond motifs is 1. The second-order valence-corrected chi connectivity index (χ2v) is 6.38. The van der Waals surface area contributed by atoms with Gasteiger partial charge < -0.3 is 16.4 Å². The maximum atomic E-state index is 13.1. The molecule has 0 radical (unpaired) electrons. The van der Waals surface area contributed by atoms with Crippen molar-refractivity contribution in [3.8, 4) is 11.3 Å². The predicted molar refractivity (Wildman–Crippen MR) is 102 cm³/mol. The van der Waals surface area contributed by atoms with E-state index in [0.29, 0.717) is 24.3 Å². The number of H-pyrrole nitrogens is 1. The van der Waals surface area contributed by atoms with Gasteiger partial charge >= 0.3 is 0 Å². The molecule has 8 heteroatoms. The summed E-state index contributed by atoms with van der Waals surface area (Å²) in [6, 6.07) is 11.6. The van der Waals surface area contributed by atoms with Crippen molar-refractivity contribution in [3.63, 3.8) is 0 Å². The van der Waals surface area contributed by atoms with Crippen molar-refractivity contribution in [1.82, 2.24) is 15.5 Å². The Kier molecular flexibility index (Phi) is 4.95. The van der Waals surface area contributed by atoms with Crippen LogP contribution in [0.1, 0.15) is 6.42 Å². The number of halogens is 2. The van der Waals surface area contributed by atoms with Crippen LogP contribution in [0.15, 0.2) is 42.5 Å². The highest BCUT2D eigenvalue weighted by Gasteiger charge is 2.37. The molecule has 1 aliphatic heterocycles. The fourth-order valence-corrected chi connectivity index (χ4v) is 3.08. The molecule has 4 rings (SSSR count). The van der Waals surface area contributed by atoms with Crippen molar-refractivity contribution < 1.29 is 9.18 Å². The van der Waals surface area contributed by atoms with Crippen LogP contribution in [0.2, 0.25) is 0 Å². The highest BCUT2D eigenvalue weighted by Crippen LogP contribution is 2.29. The van der Waals surface area contributed by atoms with Crippen LogP contribution in [0.5, 0.6) is 0 Å². The number of nitrogens with one attached hydrogen (secondary N) is 3. The molecule has 1 amide bonds. The SMILES string of the molecule is Cl.NC1(C(=O)Nc2ccc3[nH]nc(-c4ccc(F)cc4)c3c2)CCNC1. The summed E-state index contributed by atoms with van der Waals surface area (Å²) in [6.07, 6.45) is 0.605. The number of rotatable bonds is 3. The first-order valence-electron chi connectivity index (χ1n) is 8.10. The molecule has 1 aromatic heterocycles. The summed E-state index contributed by atoms with van der Waals surface area (Å²) < 4.78 is 13.1. The Balaban J connectivity index is 0.00000196. The maximum absolute atomic E-state index is 13.1. The van der Waals surface area contributed by atoms with Crippen LogP contribution in [0.3, 0.4) is 0 Å². The number of anilines is 1. The molecule has 0 aliphatic carbocycles. The molecule has 1 saturated heterocycles. The van der Waals surface area contributed by atoms with Gasteiger partial charge in [-0.1, -0.05) is 0 Å². The van der Waals surface area contributed by atoms with Gasteiger partial charge in [0, 0.05) is 23.2 Å². The van der Waals surface area contributed by atoms with Gasteiger partial charge in [0.15, 0.2) is 0 Å². The van der Waals surface area contributed by atoms with Crippen LogP contribution in [0, 0.1) is 5.82 Å². The lowest BCUT2D eigenvalue weighted by atomic mass is 9.99. The fraction of sp³-hybridized carbons (Fsp3) is 0.222. The number of hydrogen-bond acceptors (Lipinski definition) is 4. The van der Waals surface area contributed by atoms with E-state index in [1.807, 2.05) is 12.1 Å². The molecule has 0 saturated carbocycles. The number of nitrogens with two attached hydrogens (primary N) is 1. The third-order valence-corrected chi connectivity index (χ3v) is 4.58. The van der Waals surface area contributed by atoms with E-state index in [4.69, 9.17) is 5.73 Å². The molecule has 2 aromatic carbocycles. The van der Waals surface area contributed by atoms with Gasteiger partial charge in [-0.05, 0) is 55.4 Å². The van der Waals surface area contributed by atoms with Crippen LogP contribution >= 0.6 is 12.4 Å². The monoisotopic (exact) mass is 375 g/mol. The van der Waals surface area contributed by atoms with E-state index >= 15 is 0 Å². The molecule has 0 bridgehead atoms. The number of amides is 1. The molecule has 26 heavy (non-hydrogen) atoms. The second kappa shape index (κ2) is 7.03. The lowest BCUT2D eigenvalue weighted by Gasteiger charge is -2.21. The number of aromatic amines is 1. The van der Waals surface area contributed by atoms with E-state index in [9.17, 15) is 9.18 Å². The number of carbonyl (C=O) groups is 1. The fourth-order valence-electron chi connectivity index (χ4n) is 3.08. The van der Waals surface area contributed by atoms with Gasteiger partial charge in [-0.25, -0.2) is 4.39 Å². The first-order valence-corrected chi connectivity index (χ1v) is 8.10. The topological polar surface area (TPSA) is 95.8 Å². The Morgan fingerprint density at radius 2 is 2.00 bits per heavy atom. The highest BCUT2D eigenvalue weighted by molar-refractivity contribution is 6.01. The third-order valence-electron chi connectivity index (χ3n) is 4.58. The van der Waals surface area contributed by atoms with Crippen LogP contribution < -0.4 is 16.4 Å². The Hall–Kier alpha value is -2.48. The first kappa shape index (κ1) is 18.3. The summed E-state index contributed by atoms with van der Waals surface area (Å²) in [5.74, 6) is -0.501. The van der Waals surface area contributed by atoms with Crippen molar-refractivity contribution >= 4 is 34.9 Å². The van der Waals surface area contributed by atoms with E-state index in [1.54, 1.807) is 18.2 Å². The third kappa shape index (κ3) is 3.29. The van der Waals surface area contributed by atoms with Crippen molar-refractivity contribution in [1.29, 1.82) is 0 Å². The lowest BCUT2D eigenvalue weighted by molar-refractivity contribution is -0.120. The molecule has 6 nitrogen and oxygen atoms in total. The van der Waals surface area contributed by atoms with E-state index in [0.717, 1.165) is 23.0 Å². The van der Waals surface area contributed by atoms with Crippen LogP contribution in [-0.2, 0) is 4.79 Å². The average molecular weight is 376 g/mol. The largest absolute Gasteiger partial charge is 0.324 e. The standard InChI is InChI=1S/C18H18FN5O.ClH/c19-12-3-1-11(2-4-12)16-14-9-13(5-6-15(14)23-24-16)22-17(25)18(20)7-8-21-10-18;/h1-6,9,21H,7-8,10,20H2,(H,22,25)(H,23,24);1H. The molecular weight excluding hydrogens is 357 g/mol. The Morgan fingerprint density at radius 3 is 2.69 bits per heavy atom. The van der Waals surface area contributed by atoms with Crippen LogP contribution in [0.25, 0.3) is 22.2 Å². The number of carbonyl (C=O) groups excluding carboxylic acids is 1. The van der Waals surface area contributed by atoms with Crippen molar-refractivity contribution in [2.24, 2.45) is 5.73 Å². The predicted octanol–water partition coefficient (Wildman–Crippen LogP) is 2.42. The summed E-state index contributed by atoms with van der Waals surface area (Å²) in [6.45, 7) is 1.20. The van der Waals surface area contributed by atoms with Crippen molar-refractivity contribution in [2.45, 2.75) is 12.0 Å². The molecule has 0 spiro atoms. The minimum atomic E-state index is -0.884. The number of aromatic nitrogens is 2. The second-order valence-electron chi connectivity index (χ2n) is 6.38. The van der Waals surface area contributed by atoms with E-state index < -0.39 is 5.54 Å². The zero-order valence-electron chi connectivity index (χ0n) is 13.9. The molecule has 3 aromatic rings. The highest BCUT2D eigenvalue weighted by atomic mass is 35.5. The van der Waals surface area contributed by atoms with Crippen LogP contribution in [-0.4, -0.2) is 34.7 Å². The molecule has 1 unspecified atom stereocenters. The summed E-state index contributed by atoms with van der Waals surface area (Å²) in [5.41, 5.74) is 8.26. The van der Waals surface area contributed by atoms with Gasteiger partial charge in [0.05, 0.1) is 11.2 Å². The molecule has 2 heterocycles. The number of nitrogens with zero attached hydrogens (tertiary/aromatic N) is 1. The van der Waals surface area contributed by atoms with E-state index in [-0.39, 0.29) is 24.1 Å². The van der Waals surface area contributed by atoms with Gasteiger partial charge in [-0.2, -0.15) is 5.10 Å². The zero-order valence-corrected chi connectivity index (χ0v) is 14.7. The van der Waals surface area contributed by atoms with Gasteiger partial charge in [0.1, 0.15) is 11.4 Å². The Labute approximate surface area is 155 Å². The molecule has 1 fully saturated rings. The molecule has 136 valence electrons. The van der Waals surface area contributed by atoms with Gasteiger partial charge in [-0.15, -0.1) is 12.4 Å². The molecule has 1 atom stereocenters. The smallest absolute Gasteiger partial charge is 0.245 e. The number of hydrogen-bond donors (Lipinski definition) is 4. The quantitative estimate of drug-likeness (QED) is 0.565. The summed E-state index contributed by atoms with van der Waals surface area (Å²) in [7, 11) is 0. The van der Waals surface area contributed by atoms with Crippen LogP contribution in [0.4, 0.5) is 10.1 Å². The molecule has 5 N–H and O–H groups in total. The normalized spacial score (nSPS) is 19.3. The van der Waals surface area contributed by atoms with E-state index in [1.165, 1.54) is 12.1 Å². The van der Waals surface area contributed by atoms with Crippen molar-refractivity contribution in [2.75, 3.05) is 18.4 Å². The van der Waals surface area contributed by atoms with E-state index in [2.05, 4.69) is 20.8 Å². The van der Waals surface area contributed by atoms with Gasteiger partial charge in [0.25, 0.3) is 0 Å². The molecular formula is C18H19ClFN5O. The summed E-state index contributed by atoms with van der Waals surface area (Å²) in [5, 5.41) is 14.1. The minimum absolute atomic E-state index is 0. The Bertz CT molecular complexity index is 934. The average Bonchev–Trinajstić information content (AvgIpc) is 3.23. The van der Waals surface area contributed by atoms with Crippen molar-refractivity contribution in [3.05, 3.63) is 48.3 Å².